The molecule has 2 N–H and O–H groups in total. The van der Waals surface area contributed by atoms with Crippen LogP contribution in [-0.2, 0) is 0 Å². The Kier molecular flexibility index (Phi) is 3.33. The first-order valence-electron chi connectivity index (χ1n) is 6.29. The lowest BCUT2D eigenvalue weighted by molar-refractivity contribution is 1.64. The van der Waals surface area contributed by atoms with Crippen molar-refractivity contribution in [2.24, 2.45) is 0 Å². The Bertz CT molecular complexity index is 818. The minimum Gasteiger partial charge on any atom is -0.398 e. The van der Waals surface area contributed by atoms with E-state index in [1.54, 1.807) is 0 Å². The molecule has 3 aromatic rings. The van der Waals surface area contributed by atoms with Crippen LogP contribution in [0.3, 0.4) is 0 Å². The number of hydrogen-bond donors (Lipinski definition) is 1. The van der Waals surface area contributed by atoms with Gasteiger partial charge in [-0.3, -0.25) is 0 Å². The molecule has 20 heavy (non-hydrogen) atoms. The van der Waals surface area contributed by atoms with Crippen LogP contribution in [0.4, 0.5) is 5.69 Å². The van der Waals surface area contributed by atoms with E-state index in [1.807, 2.05) is 60.7 Å². The highest BCUT2D eigenvalue weighted by Gasteiger charge is 2.01. The fraction of sp³-hybridized carbons (Fsp3) is 0. The van der Waals surface area contributed by atoms with E-state index >= 15 is 0 Å². The number of nitrogens with two attached hydrogens (primary N) is 1. The third kappa shape index (κ3) is 2.47. The fourth-order valence-corrected chi connectivity index (χ4v) is 2.27. The lowest BCUT2D eigenvalue weighted by Gasteiger charge is -2.03. The number of rotatable bonds is 0. The van der Waals surface area contributed by atoms with E-state index in [1.165, 1.54) is 0 Å². The average molecular weight is 278 g/mol. The molecule has 0 unspecified atom stereocenters. The van der Waals surface area contributed by atoms with E-state index in [4.69, 9.17) is 17.3 Å². The van der Waals surface area contributed by atoms with Crippen LogP contribution < -0.4 is 5.73 Å². The standard InChI is InChI=1S/C18H12ClN/c19-16-11-8-13(9-12-16)7-10-15-4-1-3-14-5-2-6-17(20)18(14)15/h1-6,8-9,11-12H,20H2. The molecule has 0 saturated heterocycles. The van der Waals surface area contributed by atoms with E-state index in [9.17, 15) is 0 Å². The molecule has 0 aromatic heterocycles. The number of hydrogen-bond acceptors (Lipinski definition) is 1. The van der Waals surface area contributed by atoms with Crippen molar-refractivity contribution in [1.82, 2.24) is 0 Å². The van der Waals surface area contributed by atoms with Crippen molar-refractivity contribution in [3.8, 4) is 11.8 Å². The summed E-state index contributed by atoms with van der Waals surface area (Å²) in [6, 6.07) is 19.4. The molecule has 0 spiro atoms. The Balaban J connectivity index is 2.10. The molecule has 3 rings (SSSR count). The second-order valence-electron chi connectivity index (χ2n) is 4.51. The number of anilines is 1. The van der Waals surface area contributed by atoms with Crippen molar-refractivity contribution in [1.29, 1.82) is 0 Å². The Morgan fingerprint density at radius 3 is 2.25 bits per heavy atom. The van der Waals surface area contributed by atoms with E-state index in [0.717, 1.165) is 27.6 Å². The third-order valence-corrected chi connectivity index (χ3v) is 3.37. The van der Waals surface area contributed by atoms with Gasteiger partial charge >= 0.3 is 0 Å². The first-order chi connectivity index (χ1) is 9.74. The summed E-state index contributed by atoms with van der Waals surface area (Å²) in [5.74, 6) is 6.33. The summed E-state index contributed by atoms with van der Waals surface area (Å²) in [5, 5.41) is 2.83. The molecule has 0 bridgehead atoms. The highest BCUT2D eigenvalue weighted by Crippen LogP contribution is 2.24. The van der Waals surface area contributed by atoms with E-state index < -0.39 is 0 Å². The summed E-state index contributed by atoms with van der Waals surface area (Å²) in [6.07, 6.45) is 0. The van der Waals surface area contributed by atoms with E-state index in [0.29, 0.717) is 5.02 Å². The average Bonchev–Trinajstić information content (AvgIpc) is 2.47. The SMILES string of the molecule is Nc1cccc2cccc(C#Cc3ccc(Cl)cc3)c12. The topological polar surface area (TPSA) is 26.0 Å². The van der Waals surface area contributed by atoms with Crippen LogP contribution in [0.5, 0.6) is 0 Å². The Morgan fingerprint density at radius 1 is 0.800 bits per heavy atom. The van der Waals surface area contributed by atoms with Crippen LogP contribution in [0, 0.1) is 11.8 Å². The monoisotopic (exact) mass is 277 g/mol. The third-order valence-electron chi connectivity index (χ3n) is 3.12. The quantitative estimate of drug-likeness (QED) is 0.476. The largest absolute Gasteiger partial charge is 0.398 e. The van der Waals surface area contributed by atoms with Gasteiger partial charge in [0.05, 0.1) is 0 Å². The van der Waals surface area contributed by atoms with Gasteiger partial charge in [0.2, 0.25) is 0 Å². The van der Waals surface area contributed by atoms with Gasteiger partial charge in [0.25, 0.3) is 0 Å². The Morgan fingerprint density at radius 2 is 1.50 bits per heavy atom. The van der Waals surface area contributed by atoms with Gasteiger partial charge in [-0.2, -0.15) is 0 Å². The Hall–Kier alpha value is -2.43. The van der Waals surface area contributed by atoms with Gasteiger partial charge < -0.3 is 5.73 Å². The molecule has 0 atom stereocenters. The number of nitrogen functional groups attached to an aromatic ring is 1. The molecule has 96 valence electrons. The molecule has 0 heterocycles. The number of fused-ring (bicyclic) bond motifs is 1. The zero-order chi connectivity index (χ0) is 13.9. The summed E-state index contributed by atoms with van der Waals surface area (Å²) < 4.78 is 0. The van der Waals surface area contributed by atoms with Crippen LogP contribution in [0.1, 0.15) is 11.1 Å². The van der Waals surface area contributed by atoms with Gasteiger partial charge in [-0.15, -0.1) is 0 Å². The molecular weight excluding hydrogens is 266 g/mol. The lowest BCUT2D eigenvalue weighted by Crippen LogP contribution is -1.89. The molecular formula is C18H12ClN. The normalized spacial score (nSPS) is 10.1. The number of benzene rings is 3. The Labute approximate surface area is 123 Å². The lowest BCUT2D eigenvalue weighted by atomic mass is 10.0. The van der Waals surface area contributed by atoms with E-state index in [-0.39, 0.29) is 0 Å². The van der Waals surface area contributed by atoms with Crippen LogP contribution >= 0.6 is 11.6 Å². The van der Waals surface area contributed by atoms with Gasteiger partial charge in [0.1, 0.15) is 0 Å². The zero-order valence-corrected chi connectivity index (χ0v) is 11.5. The summed E-state index contributed by atoms with van der Waals surface area (Å²) in [4.78, 5) is 0. The van der Waals surface area contributed by atoms with Gasteiger partial charge in [0.15, 0.2) is 0 Å². The summed E-state index contributed by atoms with van der Waals surface area (Å²) >= 11 is 5.86. The first-order valence-corrected chi connectivity index (χ1v) is 6.67. The highest BCUT2D eigenvalue weighted by molar-refractivity contribution is 6.30. The second-order valence-corrected chi connectivity index (χ2v) is 4.94. The van der Waals surface area contributed by atoms with Crippen molar-refractivity contribution in [3.05, 3.63) is 76.8 Å². The van der Waals surface area contributed by atoms with E-state index in [2.05, 4.69) is 11.8 Å². The van der Waals surface area contributed by atoms with Crippen LogP contribution in [-0.4, -0.2) is 0 Å². The smallest absolute Gasteiger partial charge is 0.0406 e. The summed E-state index contributed by atoms with van der Waals surface area (Å²) in [5.41, 5.74) is 8.69. The summed E-state index contributed by atoms with van der Waals surface area (Å²) in [6.45, 7) is 0. The summed E-state index contributed by atoms with van der Waals surface area (Å²) in [7, 11) is 0. The van der Waals surface area contributed by atoms with Crippen molar-refractivity contribution >= 4 is 28.1 Å². The molecule has 2 heteroatoms. The van der Waals surface area contributed by atoms with Crippen LogP contribution in [0.25, 0.3) is 10.8 Å². The van der Waals surface area contributed by atoms with Crippen molar-refractivity contribution in [2.45, 2.75) is 0 Å². The van der Waals surface area contributed by atoms with Gasteiger partial charge in [0, 0.05) is 27.2 Å². The second kappa shape index (κ2) is 5.28. The fourth-order valence-electron chi connectivity index (χ4n) is 2.15. The maximum absolute atomic E-state index is 6.06. The molecule has 3 aromatic carbocycles. The van der Waals surface area contributed by atoms with Gasteiger partial charge in [-0.05, 0) is 41.8 Å². The van der Waals surface area contributed by atoms with Gasteiger partial charge in [-0.25, -0.2) is 0 Å². The van der Waals surface area contributed by atoms with Crippen LogP contribution in [0.2, 0.25) is 5.02 Å². The van der Waals surface area contributed by atoms with Crippen molar-refractivity contribution in [2.75, 3.05) is 5.73 Å². The predicted molar refractivity (Wildman–Crippen MR) is 85.8 cm³/mol. The molecule has 1 nitrogen and oxygen atoms in total. The van der Waals surface area contributed by atoms with Crippen molar-refractivity contribution in [3.63, 3.8) is 0 Å². The zero-order valence-electron chi connectivity index (χ0n) is 10.7. The maximum atomic E-state index is 6.06. The maximum Gasteiger partial charge on any atom is 0.0406 e. The molecule has 0 amide bonds. The molecule has 0 aliphatic heterocycles. The molecule has 0 saturated carbocycles. The minimum atomic E-state index is 0.713. The predicted octanol–water partition coefficient (Wildman–Crippen LogP) is 4.48. The molecule has 0 aliphatic carbocycles. The van der Waals surface area contributed by atoms with Crippen molar-refractivity contribution < 1.29 is 0 Å². The molecule has 0 fully saturated rings. The first kappa shape index (κ1) is 12.6. The van der Waals surface area contributed by atoms with Gasteiger partial charge in [-0.1, -0.05) is 47.7 Å². The molecule has 0 radical (unpaired) electrons. The minimum absolute atomic E-state index is 0.713. The van der Waals surface area contributed by atoms with Crippen LogP contribution in [0.15, 0.2) is 60.7 Å². The number of halogens is 1. The molecule has 0 aliphatic rings. The highest BCUT2D eigenvalue weighted by atomic mass is 35.5.